The van der Waals surface area contributed by atoms with Gasteiger partial charge in [-0.15, -0.1) is 0 Å². The Kier molecular flexibility index (Phi) is 18.8. The van der Waals surface area contributed by atoms with Gasteiger partial charge in [0.2, 0.25) is 0 Å². The number of rotatable bonds is 14. The number of carbonyl (C=O) groups excluding carboxylic acids is 1. The molecule has 140 valence electrons. The highest BCUT2D eigenvalue weighted by Crippen LogP contribution is 1.99. The molecule has 0 aromatic heterocycles. The first-order chi connectivity index (χ1) is 11.0. The van der Waals surface area contributed by atoms with Crippen LogP contribution in [0.15, 0.2) is 0 Å². The molecule has 23 heavy (non-hydrogen) atoms. The van der Waals surface area contributed by atoms with E-state index in [4.69, 9.17) is 14.2 Å². The number of carboxylic acid groups (broad SMARTS) is 1. The summed E-state index contributed by atoms with van der Waals surface area (Å²) < 4.78 is 20.9. The van der Waals surface area contributed by atoms with Crippen molar-refractivity contribution in [3.05, 3.63) is 0 Å². The molecule has 0 aromatic rings. The van der Waals surface area contributed by atoms with Crippen molar-refractivity contribution in [3.63, 3.8) is 0 Å². The van der Waals surface area contributed by atoms with Crippen molar-refractivity contribution >= 4 is 5.97 Å². The normalized spacial score (nSPS) is 11.0. The van der Waals surface area contributed by atoms with Gasteiger partial charge in [-0.1, -0.05) is 0 Å². The lowest BCUT2D eigenvalue weighted by Gasteiger charge is -2.31. The molecule has 0 aliphatic carbocycles. The molecule has 0 spiro atoms. The summed E-state index contributed by atoms with van der Waals surface area (Å²) in [6.45, 7) is 11.2. The SMILES string of the molecule is CC[N+](C)(CC)CCOCCOC.COCCOCCC(=O)[O-]. The fourth-order valence-electron chi connectivity index (χ4n) is 1.47. The number of carboxylic acids is 1. The molecular formula is C16H35NO6. The van der Waals surface area contributed by atoms with Gasteiger partial charge in [0.05, 0.1) is 59.8 Å². The van der Waals surface area contributed by atoms with E-state index in [-0.39, 0.29) is 13.0 Å². The Balaban J connectivity index is 0. The Bertz CT molecular complexity index is 259. The molecule has 0 radical (unpaired) electrons. The van der Waals surface area contributed by atoms with Gasteiger partial charge in [-0.3, -0.25) is 0 Å². The van der Waals surface area contributed by atoms with E-state index in [1.807, 2.05) is 0 Å². The lowest BCUT2D eigenvalue weighted by Crippen LogP contribution is -2.45. The van der Waals surface area contributed by atoms with Crippen LogP contribution < -0.4 is 5.11 Å². The maximum atomic E-state index is 9.81. The van der Waals surface area contributed by atoms with Gasteiger partial charge in [-0.05, 0) is 13.8 Å². The third kappa shape index (κ3) is 19.2. The van der Waals surface area contributed by atoms with E-state index >= 15 is 0 Å². The smallest absolute Gasteiger partial charge is 0.102 e. The minimum Gasteiger partial charge on any atom is -0.550 e. The molecule has 0 rings (SSSR count). The van der Waals surface area contributed by atoms with E-state index in [9.17, 15) is 9.90 Å². The van der Waals surface area contributed by atoms with Crippen molar-refractivity contribution in [3.8, 4) is 0 Å². The maximum absolute atomic E-state index is 9.81. The number of likely N-dealkylation sites (N-methyl/N-ethyl adjacent to an activating group) is 1. The third-order valence-electron chi connectivity index (χ3n) is 3.62. The molecule has 0 amide bonds. The molecule has 0 aliphatic heterocycles. The van der Waals surface area contributed by atoms with E-state index in [0.29, 0.717) is 26.4 Å². The lowest BCUT2D eigenvalue weighted by atomic mass is 10.4. The molecule has 0 unspecified atom stereocenters. The second-order valence-electron chi connectivity index (χ2n) is 5.31. The van der Waals surface area contributed by atoms with Crippen molar-refractivity contribution in [2.24, 2.45) is 0 Å². The average molecular weight is 337 g/mol. The van der Waals surface area contributed by atoms with Crippen LogP contribution in [0.1, 0.15) is 20.3 Å². The molecule has 7 nitrogen and oxygen atoms in total. The fourth-order valence-corrected chi connectivity index (χ4v) is 1.47. The average Bonchev–Trinajstić information content (AvgIpc) is 2.54. The molecule has 0 heterocycles. The number of aliphatic carboxylic acids is 1. The molecule has 0 atom stereocenters. The highest BCUT2D eigenvalue weighted by atomic mass is 16.5. The van der Waals surface area contributed by atoms with Crippen LogP contribution in [0.4, 0.5) is 0 Å². The van der Waals surface area contributed by atoms with Gasteiger partial charge in [0, 0.05) is 26.6 Å². The van der Waals surface area contributed by atoms with E-state index in [1.165, 1.54) is 13.1 Å². The van der Waals surface area contributed by atoms with Crippen molar-refractivity contribution in [1.29, 1.82) is 0 Å². The first-order valence-electron chi connectivity index (χ1n) is 8.12. The maximum Gasteiger partial charge on any atom is 0.102 e. The molecule has 0 N–H and O–H groups in total. The minimum absolute atomic E-state index is 0.0519. The Morgan fingerprint density at radius 2 is 1.35 bits per heavy atom. The van der Waals surface area contributed by atoms with Crippen molar-refractivity contribution in [2.75, 3.05) is 80.5 Å². The fraction of sp³-hybridized carbons (Fsp3) is 0.938. The first kappa shape index (κ1) is 24.5. The Morgan fingerprint density at radius 1 is 0.870 bits per heavy atom. The Morgan fingerprint density at radius 3 is 1.74 bits per heavy atom. The molecule has 0 aliphatic rings. The summed E-state index contributed by atoms with van der Waals surface area (Å²) in [4.78, 5) is 9.81. The number of quaternary nitrogens is 1. The van der Waals surface area contributed by atoms with Crippen LogP contribution in [0.25, 0.3) is 0 Å². The predicted octanol–water partition coefficient (Wildman–Crippen LogP) is -0.0748. The number of carbonyl (C=O) groups is 1. The van der Waals surface area contributed by atoms with E-state index in [1.54, 1.807) is 14.2 Å². The number of ether oxygens (including phenoxy) is 4. The zero-order valence-corrected chi connectivity index (χ0v) is 15.5. The molecule has 0 fully saturated rings. The van der Waals surface area contributed by atoms with Crippen LogP contribution in [0.5, 0.6) is 0 Å². The number of hydrogen-bond acceptors (Lipinski definition) is 6. The summed E-state index contributed by atoms with van der Waals surface area (Å²) in [5.74, 6) is -1.09. The monoisotopic (exact) mass is 337 g/mol. The van der Waals surface area contributed by atoms with Gasteiger partial charge in [0.25, 0.3) is 0 Å². The van der Waals surface area contributed by atoms with Crippen molar-refractivity contribution < 1.29 is 33.3 Å². The van der Waals surface area contributed by atoms with Gasteiger partial charge in [-0.25, -0.2) is 0 Å². The van der Waals surface area contributed by atoms with Gasteiger partial charge in [0.1, 0.15) is 6.54 Å². The number of hydrogen-bond donors (Lipinski definition) is 0. The lowest BCUT2D eigenvalue weighted by molar-refractivity contribution is -0.906. The van der Waals surface area contributed by atoms with Gasteiger partial charge in [-0.2, -0.15) is 0 Å². The van der Waals surface area contributed by atoms with Crippen LogP contribution in [0, 0.1) is 0 Å². The van der Waals surface area contributed by atoms with E-state index < -0.39 is 5.97 Å². The molecule has 0 aromatic carbocycles. The molecule has 0 saturated heterocycles. The van der Waals surface area contributed by atoms with Crippen LogP contribution in [-0.4, -0.2) is 91.0 Å². The zero-order valence-electron chi connectivity index (χ0n) is 15.5. The second-order valence-corrected chi connectivity index (χ2v) is 5.31. The Labute approximate surface area is 141 Å². The molecular weight excluding hydrogens is 302 g/mol. The minimum atomic E-state index is -1.09. The summed E-state index contributed by atoms with van der Waals surface area (Å²) in [5.41, 5.74) is 0. The van der Waals surface area contributed by atoms with Crippen molar-refractivity contribution in [2.45, 2.75) is 20.3 Å². The van der Waals surface area contributed by atoms with Gasteiger partial charge < -0.3 is 33.3 Å². The van der Waals surface area contributed by atoms with Gasteiger partial charge in [0.15, 0.2) is 0 Å². The largest absolute Gasteiger partial charge is 0.550 e. The highest BCUT2D eigenvalue weighted by Gasteiger charge is 2.15. The number of methoxy groups -OCH3 is 2. The molecule has 0 saturated carbocycles. The van der Waals surface area contributed by atoms with Gasteiger partial charge >= 0.3 is 0 Å². The summed E-state index contributed by atoms with van der Waals surface area (Å²) in [5, 5.41) is 9.81. The highest BCUT2D eigenvalue weighted by molar-refractivity contribution is 5.64. The first-order valence-corrected chi connectivity index (χ1v) is 8.12. The molecule has 7 heteroatoms. The predicted molar refractivity (Wildman–Crippen MR) is 87.1 cm³/mol. The topological polar surface area (TPSA) is 77.0 Å². The second kappa shape index (κ2) is 17.6. The number of nitrogens with zero attached hydrogens (tertiary/aromatic N) is 1. The summed E-state index contributed by atoms with van der Waals surface area (Å²) in [6.07, 6.45) is -0.0519. The summed E-state index contributed by atoms with van der Waals surface area (Å²) >= 11 is 0. The standard InChI is InChI=1S/C10H24NO2.C6H12O4/c1-5-11(3,6-2)7-8-13-10-9-12-4;1-9-4-5-10-3-2-6(7)8/h5-10H2,1-4H3;2-5H2,1H3,(H,7,8)/q+1;/p-1. The van der Waals surface area contributed by atoms with Crippen LogP contribution >= 0.6 is 0 Å². The summed E-state index contributed by atoms with van der Waals surface area (Å²) in [6, 6.07) is 0. The van der Waals surface area contributed by atoms with Crippen LogP contribution in [-0.2, 0) is 23.7 Å². The summed E-state index contributed by atoms with van der Waals surface area (Å²) in [7, 11) is 5.52. The van der Waals surface area contributed by atoms with E-state index in [2.05, 4.69) is 25.6 Å². The zero-order chi connectivity index (χ0) is 18.0. The quantitative estimate of drug-likeness (QED) is 0.326. The Hall–Kier alpha value is -0.730. The van der Waals surface area contributed by atoms with Crippen LogP contribution in [0.3, 0.4) is 0 Å². The van der Waals surface area contributed by atoms with Crippen LogP contribution in [0.2, 0.25) is 0 Å². The third-order valence-corrected chi connectivity index (χ3v) is 3.62. The van der Waals surface area contributed by atoms with E-state index in [0.717, 1.165) is 17.6 Å². The van der Waals surface area contributed by atoms with Crippen molar-refractivity contribution in [1.82, 2.24) is 0 Å². The molecule has 0 bridgehead atoms.